The second-order valence-corrected chi connectivity index (χ2v) is 7.70. The van der Waals surface area contributed by atoms with Crippen LogP contribution < -0.4 is 4.74 Å². The van der Waals surface area contributed by atoms with Gasteiger partial charge in [0.25, 0.3) is 5.89 Å². The SMILES string of the molecule is CCN(CC)S(=O)(=O)c1ccc(OCc2noc(-c3ccco3)n2)c([N+](=O)[O-])c1. The fourth-order valence-corrected chi connectivity index (χ4v) is 4.07. The van der Waals surface area contributed by atoms with Crippen molar-refractivity contribution in [2.24, 2.45) is 0 Å². The van der Waals surface area contributed by atoms with Gasteiger partial charge in [0.05, 0.1) is 16.1 Å². The molecule has 11 nitrogen and oxygen atoms in total. The number of nitrogens with zero attached hydrogens (tertiary/aromatic N) is 4. The molecule has 2 aromatic heterocycles. The van der Waals surface area contributed by atoms with Gasteiger partial charge in [0.2, 0.25) is 15.8 Å². The van der Waals surface area contributed by atoms with E-state index in [0.29, 0.717) is 5.76 Å². The van der Waals surface area contributed by atoms with Gasteiger partial charge in [-0.15, -0.1) is 0 Å². The van der Waals surface area contributed by atoms with Crippen molar-refractivity contribution in [1.82, 2.24) is 14.4 Å². The first-order valence-electron chi connectivity index (χ1n) is 8.64. The van der Waals surface area contributed by atoms with Crippen molar-refractivity contribution in [2.45, 2.75) is 25.3 Å². The van der Waals surface area contributed by atoms with Crippen LogP contribution in [0.1, 0.15) is 19.7 Å². The van der Waals surface area contributed by atoms with E-state index in [1.54, 1.807) is 26.0 Å². The highest BCUT2D eigenvalue weighted by Gasteiger charge is 2.26. The molecule has 0 bridgehead atoms. The van der Waals surface area contributed by atoms with E-state index in [0.717, 1.165) is 6.07 Å². The molecule has 0 aliphatic rings. The minimum Gasteiger partial charge on any atom is -0.478 e. The summed E-state index contributed by atoms with van der Waals surface area (Å²) in [6.45, 7) is 3.66. The molecule has 0 spiro atoms. The monoisotopic (exact) mass is 422 g/mol. The van der Waals surface area contributed by atoms with Crippen LogP contribution in [-0.4, -0.2) is 40.9 Å². The zero-order chi connectivity index (χ0) is 21.0. The molecule has 154 valence electrons. The third-order valence-electron chi connectivity index (χ3n) is 4.03. The van der Waals surface area contributed by atoms with Crippen molar-refractivity contribution in [3.63, 3.8) is 0 Å². The van der Waals surface area contributed by atoms with E-state index < -0.39 is 20.6 Å². The van der Waals surface area contributed by atoms with Gasteiger partial charge in [-0.1, -0.05) is 19.0 Å². The average Bonchev–Trinajstić information content (AvgIpc) is 3.38. The molecule has 0 aliphatic carbocycles. The first-order valence-corrected chi connectivity index (χ1v) is 10.1. The normalized spacial score (nSPS) is 11.7. The molecular formula is C17H18N4O7S. The highest BCUT2D eigenvalue weighted by atomic mass is 32.2. The van der Waals surface area contributed by atoms with E-state index in [2.05, 4.69) is 10.1 Å². The number of rotatable bonds is 9. The van der Waals surface area contributed by atoms with E-state index in [1.807, 2.05) is 0 Å². The van der Waals surface area contributed by atoms with Crippen molar-refractivity contribution < 1.29 is 27.0 Å². The highest BCUT2D eigenvalue weighted by Crippen LogP contribution is 2.31. The van der Waals surface area contributed by atoms with Crippen LogP contribution in [0.5, 0.6) is 5.75 Å². The maximum Gasteiger partial charge on any atom is 0.312 e. The van der Waals surface area contributed by atoms with Gasteiger partial charge in [-0.2, -0.15) is 9.29 Å². The first-order chi connectivity index (χ1) is 13.9. The number of nitro benzene ring substituents is 1. The number of hydrogen-bond donors (Lipinski definition) is 0. The van der Waals surface area contributed by atoms with Gasteiger partial charge in [0, 0.05) is 19.2 Å². The number of aromatic nitrogens is 2. The van der Waals surface area contributed by atoms with Gasteiger partial charge in [-0.05, 0) is 24.3 Å². The smallest absolute Gasteiger partial charge is 0.312 e. The molecule has 0 saturated heterocycles. The molecule has 12 heteroatoms. The Bertz CT molecular complexity index is 1090. The van der Waals surface area contributed by atoms with Crippen LogP contribution in [0.15, 0.2) is 50.4 Å². The number of sulfonamides is 1. The maximum atomic E-state index is 12.6. The second kappa shape index (κ2) is 8.41. The van der Waals surface area contributed by atoms with Crippen molar-refractivity contribution in [3.8, 4) is 17.4 Å². The van der Waals surface area contributed by atoms with Gasteiger partial charge in [0.15, 0.2) is 18.1 Å². The Kier molecular flexibility index (Phi) is 5.94. The maximum absolute atomic E-state index is 12.6. The summed E-state index contributed by atoms with van der Waals surface area (Å²) in [6.07, 6.45) is 1.45. The Balaban J connectivity index is 1.82. The average molecular weight is 422 g/mol. The molecule has 0 aliphatic heterocycles. The minimum absolute atomic E-state index is 0.113. The van der Waals surface area contributed by atoms with Gasteiger partial charge in [0.1, 0.15) is 0 Å². The van der Waals surface area contributed by atoms with Gasteiger partial charge < -0.3 is 13.7 Å². The van der Waals surface area contributed by atoms with Crippen LogP contribution in [0.4, 0.5) is 5.69 Å². The van der Waals surface area contributed by atoms with Gasteiger partial charge in [-0.25, -0.2) is 8.42 Å². The van der Waals surface area contributed by atoms with Crippen LogP contribution in [0.2, 0.25) is 0 Å². The molecule has 0 unspecified atom stereocenters. The quantitative estimate of drug-likeness (QED) is 0.376. The van der Waals surface area contributed by atoms with E-state index >= 15 is 0 Å². The number of hydrogen-bond acceptors (Lipinski definition) is 9. The van der Waals surface area contributed by atoms with E-state index in [9.17, 15) is 18.5 Å². The summed E-state index contributed by atoms with van der Waals surface area (Å²) in [6, 6.07) is 6.78. The number of benzene rings is 1. The van der Waals surface area contributed by atoms with Crippen molar-refractivity contribution in [3.05, 3.63) is 52.5 Å². The van der Waals surface area contributed by atoms with Gasteiger partial charge in [-0.3, -0.25) is 10.1 Å². The highest BCUT2D eigenvalue weighted by molar-refractivity contribution is 7.89. The molecule has 0 fully saturated rings. The third-order valence-corrected chi connectivity index (χ3v) is 6.07. The molecule has 0 atom stereocenters. The lowest BCUT2D eigenvalue weighted by molar-refractivity contribution is -0.386. The fourth-order valence-electron chi connectivity index (χ4n) is 2.59. The standard InChI is InChI=1S/C17H18N4O7S/c1-3-20(4-2)29(24,25)12-7-8-14(13(10-12)21(22)23)27-11-16-18-17(28-19-16)15-6-5-9-26-15/h5-10H,3-4,11H2,1-2H3. The fraction of sp³-hybridized carbons (Fsp3) is 0.294. The zero-order valence-electron chi connectivity index (χ0n) is 15.6. The second-order valence-electron chi connectivity index (χ2n) is 5.76. The Morgan fingerprint density at radius 1 is 1.24 bits per heavy atom. The number of furan rings is 1. The summed E-state index contributed by atoms with van der Waals surface area (Å²) in [7, 11) is -3.84. The van der Waals surface area contributed by atoms with Crippen molar-refractivity contribution in [2.75, 3.05) is 13.1 Å². The molecule has 29 heavy (non-hydrogen) atoms. The predicted molar refractivity (Wildman–Crippen MR) is 99.5 cm³/mol. The number of ether oxygens (including phenoxy) is 1. The molecule has 1 aromatic carbocycles. The Morgan fingerprint density at radius 3 is 2.62 bits per heavy atom. The molecule has 0 saturated carbocycles. The van der Waals surface area contributed by atoms with Crippen LogP contribution in [0.25, 0.3) is 11.7 Å². The molecular weight excluding hydrogens is 404 g/mol. The molecule has 3 aromatic rings. The Labute approximate surface area is 166 Å². The van der Waals surface area contributed by atoms with E-state index in [1.165, 1.54) is 22.7 Å². The van der Waals surface area contributed by atoms with Crippen LogP contribution >= 0.6 is 0 Å². The van der Waals surface area contributed by atoms with Crippen molar-refractivity contribution >= 4 is 15.7 Å². The van der Waals surface area contributed by atoms with E-state index in [-0.39, 0.29) is 42.1 Å². The van der Waals surface area contributed by atoms with Crippen LogP contribution in [0.3, 0.4) is 0 Å². The lowest BCUT2D eigenvalue weighted by atomic mass is 10.3. The molecule has 0 amide bonds. The molecule has 3 rings (SSSR count). The first kappa shape index (κ1) is 20.5. The topological polar surface area (TPSA) is 142 Å². The number of nitro groups is 1. The van der Waals surface area contributed by atoms with E-state index in [4.69, 9.17) is 13.7 Å². The zero-order valence-corrected chi connectivity index (χ0v) is 16.5. The summed E-state index contributed by atoms with van der Waals surface area (Å²) in [4.78, 5) is 14.6. The van der Waals surface area contributed by atoms with Crippen molar-refractivity contribution in [1.29, 1.82) is 0 Å². The summed E-state index contributed by atoms with van der Waals surface area (Å²) in [5.74, 6) is 0.549. The lowest BCUT2D eigenvalue weighted by Gasteiger charge is -2.18. The molecule has 0 radical (unpaired) electrons. The van der Waals surface area contributed by atoms with Crippen LogP contribution in [0, 0.1) is 10.1 Å². The Morgan fingerprint density at radius 2 is 2.00 bits per heavy atom. The predicted octanol–water partition coefficient (Wildman–Crippen LogP) is 2.85. The summed E-state index contributed by atoms with van der Waals surface area (Å²) in [5.41, 5.74) is -0.479. The molecule has 2 heterocycles. The summed E-state index contributed by atoms with van der Waals surface area (Å²) < 4.78 is 42.0. The largest absolute Gasteiger partial charge is 0.478 e. The summed E-state index contributed by atoms with van der Waals surface area (Å²) in [5, 5.41) is 15.2. The minimum atomic E-state index is -3.84. The molecule has 0 N–H and O–H groups in total. The Hall–Kier alpha value is -3.25. The summed E-state index contributed by atoms with van der Waals surface area (Å²) >= 11 is 0. The third kappa shape index (κ3) is 4.27. The van der Waals surface area contributed by atoms with Gasteiger partial charge >= 0.3 is 5.69 Å². The lowest BCUT2D eigenvalue weighted by Crippen LogP contribution is -2.30. The van der Waals surface area contributed by atoms with Crippen LogP contribution in [-0.2, 0) is 16.6 Å².